The molecule has 38 heavy (non-hydrogen) atoms. The number of ether oxygens (including phenoxy) is 4. The molecule has 1 saturated heterocycles. The zero-order valence-electron chi connectivity index (χ0n) is 23.0. The molecule has 1 fully saturated rings. The third kappa shape index (κ3) is 8.22. The van der Waals surface area contributed by atoms with Gasteiger partial charge in [-0.15, -0.1) is 0 Å². The van der Waals surface area contributed by atoms with Gasteiger partial charge in [-0.3, -0.25) is 4.90 Å². The number of halogens is 2. The largest absolute Gasteiger partial charge is 0.458 e. The Morgan fingerprint density at radius 3 is 2.45 bits per heavy atom. The minimum absolute atomic E-state index is 0.0248. The van der Waals surface area contributed by atoms with Crippen LogP contribution in [0.1, 0.15) is 76.5 Å². The Balaban J connectivity index is 2.06. The molecule has 0 N–H and O–H groups in total. The van der Waals surface area contributed by atoms with Crippen molar-refractivity contribution in [1.29, 1.82) is 0 Å². The van der Waals surface area contributed by atoms with Gasteiger partial charge in [0.25, 0.3) is 0 Å². The zero-order valence-corrected chi connectivity index (χ0v) is 24.6. The van der Waals surface area contributed by atoms with Crippen LogP contribution < -0.4 is 4.90 Å². The van der Waals surface area contributed by atoms with Crippen LogP contribution in [0.15, 0.2) is 34.9 Å². The third-order valence-corrected chi connectivity index (χ3v) is 6.42. The number of hydrogen-bond acceptors (Lipinski definition) is 7. The first kappa shape index (κ1) is 30.0. The van der Waals surface area contributed by atoms with E-state index in [4.69, 9.17) is 18.9 Å². The molecule has 0 unspecified atom stereocenters. The van der Waals surface area contributed by atoms with E-state index in [0.29, 0.717) is 29.5 Å². The van der Waals surface area contributed by atoms with Gasteiger partial charge in [-0.05, 0) is 94.1 Å². The minimum atomic E-state index is -0.783. The van der Waals surface area contributed by atoms with Crippen molar-refractivity contribution in [2.75, 3.05) is 18.1 Å². The maximum absolute atomic E-state index is 13.5. The summed E-state index contributed by atoms with van der Waals surface area (Å²) in [5, 5.41) is 0. The van der Waals surface area contributed by atoms with E-state index in [9.17, 15) is 14.0 Å². The van der Waals surface area contributed by atoms with Gasteiger partial charge in [0.15, 0.2) is 11.5 Å². The Kier molecular flexibility index (Phi) is 9.54. The topological polar surface area (TPSA) is 87.2 Å². The fraction of sp³-hybridized carbons (Fsp3) is 0.536. The fourth-order valence-electron chi connectivity index (χ4n) is 3.92. The van der Waals surface area contributed by atoms with Gasteiger partial charge in [0, 0.05) is 23.6 Å². The van der Waals surface area contributed by atoms with Crippen LogP contribution in [0.5, 0.6) is 0 Å². The molecule has 3 rings (SSSR count). The van der Waals surface area contributed by atoms with Crippen LogP contribution in [-0.2, 0) is 25.4 Å². The fourth-order valence-corrected chi connectivity index (χ4v) is 4.56. The first-order valence-corrected chi connectivity index (χ1v) is 13.4. The second-order valence-corrected chi connectivity index (χ2v) is 11.7. The van der Waals surface area contributed by atoms with Crippen LogP contribution in [0, 0.1) is 5.82 Å². The van der Waals surface area contributed by atoms with E-state index in [0.717, 1.165) is 5.56 Å². The van der Waals surface area contributed by atoms with Crippen LogP contribution in [0.4, 0.5) is 14.9 Å². The number of carbonyl (C=O) groups is 2. The lowest BCUT2D eigenvalue weighted by molar-refractivity contribution is -0.138. The van der Waals surface area contributed by atoms with Gasteiger partial charge in [0.2, 0.25) is 0 Å². The predicted molar refractivity (Wildman–Crippen MR) is 145 cm³/mol. The maximum Gasteiger partial charge on any atom is 0.414 e. The molecule has 1 atom stereocenters. The summed E-state index contributed by atoms with van der Waals surface area (Å²) < 4.78 is 36.7. The van der Waals surface area contributed by atoms with E-state index in [1.54, 1.807) is 52.9 Å². The van der Waals surface area contributed by atoms with Gasteiger partial charge in [0.05, 0.1) is 24.5 Å². The Morgan fingerprint density at radius 2 is 1.89 bits per heavy atom. The van der Waals surface area contributed by atoms with Crippen LogP contribution in [0.3, 0.4) is 0 Å². The van der Waals surface area contributed by atoms with Gasteiger partial charge in [-0.25, -0.2) is 19.0 Å². The average Bonchev–Trinajstić information content (AvgIpc) is 3.14. The van der Waals surface area contributed by atoms with Crippen LogP contribution in [0.2, 0.25) is 0 Å². The van der Waals surface area contributed by atoms with Crippen molar-refractivity contribution in [2.24, 2.45) is 0 Å². The molecule has 2 aromatic rings. The van der Waals surface area contributed by atoms with Crippen molar-refractivity contribution in [3.05, 3.63) is 57.6 Å². The monoisotopic (exact) mass is 594 g/mol. The number of aromatic nitrogens is 1. The summed E-state index contributed by atoms with van der Waals surface area (Å²) >= 11 is 3.63. The van der Waals surface area contributed by atoms with Gasteiger partial charge >= 0.3 is 12.1 Å². The number of amides is 1. The number of carbonyl (C=O) groups excluding carboxylic acids is 2. The molecule has 1 amide bonds. The molecule has 0 radical (unpaired) electrons. The lowest BCUT2D eigenvalue weighted by Gasteiger charge is -2.30. The number of anilines is 1. The van der Waals surface area contributed by atoms with Crippen molar-refractivity contribution >= 4 is 33.7 Å². The highest BCUT2D eigenvalue weighted by Crippen LogP contribution is 2.36. The lowest BCUT2D eigenvalue weighted by atomic mass is 10.0. The Bertz CT molecular complexity index is 1150. The molecule has 208 valence electrons. The predicted octanol–water partition coefficient (Wildman–Crippen LogP) is 6.42. The normalized spacial score (nSPS) is 16.9. The van der Waals surface area contributed by atoms with Gasteiger partial charge in [-0.1, -0.05) is 12.1 Å². The average molecular weight is 596 g/mol. The first-order chi connectivity index (χ1) is 17.6. The Morgan fingerprint density at radius 1 is 1.24 bits per heavy atom. The maximum atomic E-state index is 13.5. The van der Waals surface area contributed by atoms with Gasteiger partial charge in [0.1, 0.15) is 11.4 Å². The summed E-state index contributed by atoms with van der Waals surface area (Å²) in [4.78, 5) is 32.5. The highest BCUT2D eigenvalue weighted by molar-refractivity contribution is 9.10. The molecule has 0 spiro atoms. The van der Waals surface area contributed by atoms with Crippen molar-refractivity contribution in [3.63, 3.8) is 0 Å². The molecular weight excluding hydrogens is 559 g/mol. The smallest absolute Gasteiger partial charge is 0.414 e. The molecule has 0 saturated carbocycles. The molecule has 0 aliphatic carbocycles. The van der Waals surface area contributed by atoms with Crippen LogP contribution in [-0.4, -0.2) is 53.8 Å². The minimum Gasteiger partial charge on any atom is -0.458 e. The first-order valence-electron chi connectivity index (χ1n) is 12.6. The summed E-state index contributed by atoms with van der Waals surface area (Å²) in [5.74, 6) is -1.72. The van der Waals surface area contributed by atoms with Crippen molar-refractivity contribution in [3.8, 4) is 0 Å². The van der Waals surface area contributed by atoms with E-state index in [1.807, 2.05) is 13.8 Å². The molecule has 8 nitrogen and oxygen atoms in total. The van der Waals surface area contributed by atoms with E-state index < -0.39 is 29.6 Å². The highest BCUT2D eigenvalue weighted by atomic mass is 79.9. The number of pyridine rings is 1. The van der Waals surface area contributed by atoms with E-state index in [2.05, 4.69) is 20.9 Å². The van der Waals surface area contributed by atoms with Gasteiger partial charge < -0.3 is 18.9 Å². The van der Waals surface area contributed by atoms with E-state index >= 15 is 0 Å². The van der Waals surface area contributed by atoms with Crippen molar-refractivity contribution < 1.29 is 32.9 Å². The molecular formula is C28H36BrFN2O6. The summed E-state index contributed by atoms with van der Waals surface area (Å²) in [6.45, 7) is 13.0. The Labute approximate surface area is 231 Å². The van der Waals surface area contributed by atoms with Crippen molar-refractivity contribution in [1.82, 2.24) is 4.98 Å². The summed E-state index contributed by atoms with van der Waals surface area (Å²) in [6, 6.07) is 6.11. The number of nitrogens with zero attached hydrogens (tertiary/aromatic N) is 2. The number of rotatable bonds is 8. The molecule has 0 bridgehead atoms. The molecule has 1 aliphatic rings. The number of hydrogen-bond donors (Lipinski definition) is 0. The SMILES string of the molecule is CC(C)OC(=O)c1ncc(Cc2ccc(F)cc2)c(Br)c1N(CC[C@H]1COC(C)(C)O1)C(=O)OC(C)(C)C. The third-order valence-electron chi connectivity index (χ3n) is 5.53. The quantitative estimate of drug-likeness (QED) is 0.326. The Hall–Kier alpha value is -2.56. The molecule has 2 heterocycles. The van der Waals surface area contributed by atoms with E-state index in [-0.39, 0.29) is 29.8 Å². The summed E-state index contributed by atoms with van der Waals surface area (Å²) in [7, 11) is 0. The molecule has 1 aromatic heterocycles. The summed E-state index contributed by atoms with van der Waals surface area (Å²) in [5.41, 5.74) is 0.961. The molecule has 10 heteroatoms. The second kappa shape index (κ2) is 12.1. The highest BCUT2D eigenvalue weighted by Gasteiger charge is 2.36. The zero-order chi connectivity index (χ0) is 28.3. The number of esters is 1. The van der Waals surface area contributed by atoms with Crippen LogP contribution in [0.25, 0.3) is 0 Å². The standard InChI is InChI=1S/C28H36BrFN2O6/c1-17(2)36-25(33)23-24(22(29)19(15-31-23)14-18-8-10-20(30)11-9-18)32(26(34)38-27(3,4)5)13-12-21-16-35-28(6,7)37-21/h8-11,15,17,21H,12-14,16H2,1-7H3/t21-/m0/s1. The van der Waals surface area contributed by atoms with E-state index in [1.165, 1.54) is 17.0 Å². The van der Waals surface area contributed by atoms with Crippen molar-refractivity contribution in [2.45, 2.75) is 84.9 Å². The van der Waals surface area contributed by atoms with Crippen LogP contribution >= 0.6 is 15.9 Å². The molecule has 1 aliphatic heterocycles. The molecule has 1 aromatic carbocycles. The summed E-state index contributed by atoms with van der Waals surface area (Å²) in [6.07, 6.45) is 1.08. The van der Waals surface area contributed by atoms with Gasteiger partial charge in [-0.2, -0.15) is 0 Å². The lowest BCUT2D eigenvalue weighted by Crippen LogP contribution is -2.40. The number of benzene rings is 1. The second-order valence-electron chi connectivity index (χ2n) is 10.9.